The van der Waals surface area contributed by atoms with Crippen LogP contribution in [0.15, 0.2) is 18.2 Å². The number of carboxylic acid groups (broad SMARTS) is 1. The Kier molecular flexibility index (Phi) is 5.92. The summed E-state index contributed by atoms with van der Waals surface area (Å²) in [4.78, 5) is 26.9. The molecule has 0 aliphatic rings. The first-order valence-electron chi connectivity index (χ1n) is 7.51. The third-order valence-corrected chi connectivity index (χ3v) is 4.50. The molecule has 0 saturated heterocycles. The number of nitrogens with one attached hydrogen (secondary N) is 1. The van der Waals surface area contributed by atoms with E-state index in [2.05, 4.69) is 10.3 Å². The Hall–Kier alpha value is -2.41. The van der Waals surface area contributed by atoms with E-state index >= 15 is 0 Å². The normalized spacial score (nSPS) is 10.5. The largest absolute Gasteiger partial charge is 0.544 e. The second kappa shape index (κ2) is 7.92. The minimum absolute atomic E-state index is 0.0439. The van der Waals surface area contributed by atoms with Gasteiger partial charge < -0.3 is 20.0 Å². The quantitative estimate of drug-likeness (QED) is 0.759. The van der Waals surface area contributed by atoms with Crippen LogP contribution in [0.5, 0.6) is 5.75 Å². The van der Waals surface area contributed by atoms with Crippen LogP contribution in [0, 0.1) is 20.8 Å². The van der Waals surface area contributed by atoms with E-state index in [0.717, 1.165) is 28.2 Å². The molecule has 0 radical (unpaired) electrons. The summed E-state index contributed by atoms with van der Waals surface area (Å²) in [6.45, 7) is 6.26. The van der Waals surface area contributed by atoms with E-state index in [9.17, 15) is 14.7 Å². The van der Waals surface area contributed by atoms with Crippen LogP contribution in [-0.2, 0) is 11.2 Å². The highest BCUT2D eigenvalue weighted by molar-refractivity contribution is 7.13. The van der Waals surface area contributed by atoms with Crippen molar-refractivity contribution in [1.29, 1.82) is 0 Å². The highest BCUT2D eigenvalue weighted by Crippen LogP contribution is 2.19. The number of rotatable bonds is 7. The molecule has 1 heterocycles. The Morgan fingerprint density at radius 1 is 1.29 bits per heavy atom. The van der Waals surface area contributed by atoms with Gasteiger partial charge in [-0.1, -0.05) is 12.1 Å². The second-order valence-corrected chi connectivity index (χ2v) is 6.54. The molecule has 0 fully saturated rings. The minimum Gasteiger partial charge on any atom is -0.544 e. The van der Waals surface area contributed by atoms with Crippen LogP contribution in [0.1, 0.15) is 31.5 Å². The molecule has 1 N–H and O–H groups in total. The maximum absolute atomic E-state index is 11.9. The van der Waals surface area contributed by atoms with Crippen LogP contribution in [0.3, 0.4) is 0 Å². The van der Waals surface area contributed by atoms with E-state index in [1.165, 1.54) is 0 Å². The van der Waals surface area contributed by atoms with Gasteiger partial charge in [-0.3, -0.25) is 4.79 Å². The molecule has 6 nitrogen and oxygen atoms in total. The maximum atomic E-state index is 11.9. The summed E-state index contributed by atoms with van der Waals surface area (Å²) in [5.41, 5.74) is 2.53. The lowest BCUT2D eigenvalue weighted by Crippen LogP contribution is -2.29. The first kappa shape index (κ1) is 17.9. The molecule has 0 unspecified atom stereocenters. The number of aromatic carboxylic acids is 1. The van der Waals surface area contributed by atoms with E-state index in [1.807, 2.05) is 32.0 Å². The summed E-state index contributed by atoms with van der Waals surface area (Å²) >= 11 is 0.970. The number of aryl methyl sites for hydroxylation is 3. The molecular weight excluding hydrogens is 328 g/mol. The number of hydrogen-bond acceptors (Lipinski definition) is 6. The molecule has 2 aromatic rings. The molecular formula is C17H19N2O4S-. The molecule has 0 aliphatic heterocycles. The van der Waals surface area contributed by atoms with Gasteiger partial charge in [-0.15, -0.1) is 11.3 Å². The van der Waals surface area contributed by atoms with E-state index < -0.39 is 5.97 Å². The van der Waals surface area contributed by atoms with Gasteiger partial charge in [-0.2, -0.15) is 0 Å². The van der Waals surface area contributed by atoms with Gasteiger partial charge in [0.2, 0.25) is 5.91 Å². The molecule has 128 valence electrons. The van der Waals surface area contributed by atoms with Gasteiger partial charge in [0.1, 0.15) is 17.4 Å². The van der Waals surface area contributed by atoms with Crippen molar-refractivity contribution < 1.29 is 19.4 Å². The number of aromatic nitrogens is 1. The predicted octanol–water partition coefficient (Wildman–Crippen LogP) is 1.17. The highest BCUT2D eigenvalue weighted by Gasteiger charge is 2.11. The van der Waals surface area contributed by atoms with E-state index in [1.54, 1.807) is 6.92 Å². The van der Waals surface area contributed by atoms with Crippen molar-refractivity contribution in [1.82, 2.24) is 10.3 Å². The Labute approximate surface area is 144 Å². The smallest absolute Gasteiger partial charge is 0.226 e. The van der Waals surface area contributed by atoms with Gasteiger partial charge in [0.15, 0.2) is 0 Å². The van der Waals surface area contributed by atoms with E-state index in [0.29, 0.717) is 23.9 Å². The zero-order valence-electron chi connectivity index (χ0n) is 13.8. The number of carbonyl (C=O) groups is 2. The van der Waals surface area contributed by atoms with Crippen molar-refractivity contribution in [2.75, 3.05) is 13.2 Å². The van der Waals surface area contributed by atoms with Crippen LogP contribution >= 0.6 is 11.3 Å². The molecule has 0 aliphatic carbocycles. The summed E-state index contributed by atoms with van der Waals surface area (Å²) < 4.78 is 5.66. The fourth-order valence-corrected chi connectivity index (χ4v) is 3.03. The number of nitrogens with zero attached hydrogens (tertiary/aromatic N) is 1. The summed E-state index contributed by atoms with van der Waals surface area (Å²) in [7, 11) is 0. The van der Waals surface area contributed by atoms with Gasteiger partial charge >= 0.3 is 0 Å². The van der Waals surface area contributed by atoms with Crippen LogP contribution in [-0.4, -0.2) is 30.0 Å². The SMILES string of the molecule is Cc1ccc(C)c(OCCNC(=O)Cc2nc(C)c(C(=O)[O-])s2)c1. The van der Waals surface area contributed by atoms with E-state index in [-0.39, 0.29) is 17.2 Å². The molecule has 1 amide bonds. The number of ether oxygens (including phenoxy) is 1. The van der Waals surface area contributed by atoms with Gasteiger partial charge in [-0.25, -0.2) is 4.98 Å². The molecule has 7 heteroatoms. The van der Waals surface area contributed by atoms with Gasteiger partial charge in [-0.05, 0) is 38.0 Å². The monoisotopic (exact) mass is 347 g/mol. The summed E-state index contributed by atoms with van der Waals surface area (Å²) in [6, 6.07) is 5.96. The molecule has 1 aromatic heterocycles. The minimum atomic E-state index is -1.27. The standard InChI is InChI=1S/C17H20N2O4S/c1-10-4-5-11(2)13(8-10)23-7-6-18-14(20)9-15-19-12(3)16(24-15)17(21)22/h4-5,8H,6-7,9H2,1-3H3,(H,18,20)(H,21,22)/p-1. The summed E-state index contributed by atoms with van der Waals surface area (Å²) in [5, 5.41) is 14.1. The van der Waals surface area contributed by atoms with Crippen molar-refractivity contribution in [3.8, 4) is 5.75 Å². The van der Waals surface area contributed by atoms with Crippen molar-refractivity contribution >= 4 is 23.2 Å². The number of hydrogen-bond donors (Lipinski definition) is 1. The van der Waals surface area contributed by atoms with Crippen LogP contribution in [0.25, 0.3) is 0 Å². The number of benzene rings is 1. The zero-order valence-corrected chi connectivity index (χ0v) is 14.7. The van der Waals surface area contributed by atoms with Crippen molar-refractivity contribution in [3.63, 3.8) is 0 Å². The highest BCUT2D eigenvalue weighted by atomic mass is 32.1. The lowest BCUT2D eigenvalue weighted by Gasteiger charge is -2.10. The molecule has 0 saturated carbocycles. The second-order valence-electron chi connectivity index (χ2n) is 5.45. The Balaban J connectivity index is 1.78. The Morgan fingerprint density at radius 3 is 2.71 bits per heavy atom. The Bertz CT molecular complexity index is 755. The molecule has 2 rings (SSSR count). The fourth-order valence-electron chi connectivity index (χ4n) is 2.13. The maximum Gasteiger partial charge on any atom is 0.226 e. The Morgan fingerprint density at radius 2 is 2.04 bits per heavy atom. The third-order valence-electron chi connectivity index (χ3n) is 3.36. The molecule has 0 bridgehead atoms. The lowest BCUT2D eigenvalue weighted by atomic mass is 10.1. The first-order valence-corrected chi connectivity index (χ1v) is 8.33. The van der Waals surface area contributed by atoms with Gasteiger partial charge in [0, 0.05) is 0 Å². The van der Waals surface area contributed by atoms with Crippen molar-refractivity contribution in [2.45, 2.75) is 27.2 Å². The number of carbonyl (C=O) groups excluding carboxylic acids is 2. The molecule has 24 heavy (non-hydrogen) atoms. The van der Waals surface area contributed by atoms with Crippen LogP contribution < -0.4 is 15.2 Å². The third kappa shape index (κ3) is 4.79. The number of amides is 1. The number of thiazole rings is 1. The topological polar surface area (TPSA) is 91.3 Å². The van der Waals surface area contributed by atoms with E-state index in [4.69, 9.17) is 4.74 Å². The summed E-state index contributed by atoms with van der Waals surface area (Å²) in [5.74, 6) is -0.685. The first-order chi connectivity index (χ1) is 11.4. The summed E-state index contributed by atoms with van der Waals surface area (Å²) in [6.07, 6.45) is 0.0439. The van der Waals surface area contributed by atoms with Crippen LogP contribution in [0.2, 0.25) is 0 Å². The molecule has 1 aromatic carbocycles. The molecule has 0 atom stereocenters. The zero-order chi connectivity index (χ0) is 17.7. The van der Waals surface area contributed by atoms with Gasteiger partial charge in [0.05, 0.1) is 29.5 Å². The number of carboxylic acids is 1. The average molecular weight is 347 g/mol. The predicted molar refractivity (Wildman–Crippen MR) is 89.3 cm³/mol. The molecule has 0 spiro atoms. The lowest BCUT2D eigenvalue weighted by molar-refractivity contribution is -0.254. The van der Waals surface area contributed by atoms with Crippen LogP contribution in [0.4, 0.5) is 0 Å². The fraction of sp³-hybridized carbons (Fsp3) is 0.353. The van der Waals surface area contributed by atoms with Crippen molar-refractivity contribution in [2.24, 2.45) is 0 Å². The average Bonchev–Trinajstić information content (AvgIpc) is 2.87. The van der Waals surface area contributed by atoms with Crippen molar-refractivity contribution in [3.05, 3.63) is 44.9 Å². The van der Waals surface area contributed by atoms with Gasteiger partial charge in [0.25, 0.3) is 0 Å².